The van der Waals surface area contributed by atoms with Crippen molar-refractivity contribution < 1.29 is 19.0 Å². The number of carbonyl (C=O) groups is 1. The van der Waals surface area contributed by atoms with Gasteiger partial charge in [0.1, 0.15) is 11.6 Å². The number of nitrogens with zero attached hydrogens (tertiary/aromatic N) is 1. The molecule has 1 amide bonds. The minimum atomic E-state index is -0.656. The van der Waals surface area contributed by atoms with Crippen LogP contribution in [0.4, 0.5) is 4.39 Å². The van der Waals surface area contributed by atoms with E-state index in [2.05, 4.69) is 17.1 Å². The van der Waals surface area contributed by atoms with Crippen molar-refractivity contribution in [1.82, 2.24) is 10.2 Å². The summed E-state index contributed by atoms with van der Waals surface area (Å²) in [7, 11) is 0. The summed E-state index contributed by atoms with van der Waals surface area (Å²) < 4.78 is 18.9. The number of hydrogen-bond donors (Lipinski definition) is 2. The normalized spacial score (nSPS) is 19.3. The van der Waals surface area contributed by atoms with Crippen LogP contribution in [0.1, 0.15) is 30.1 Å². The Labute approximate surface area is 140 Å². The predicted molar refractivity (Wildman–Crippen MR) is 86.5 cm³/mol. The van der Waals surface area contributed by atoms with Gasteiger partial charge >= 0.3 is 0 Å². The predicted octanol–water partition coefficient (Wildman–Crippen LogP) is 2.42. The molecular weight excluding hydrogens is 323 g/mol. The van der Waals surface area contributed by atoms with Crippen LogP contribution in [0.2, 0.25) is 5.02 Å². The molecule has 1 atom stereocenters. The molecule has 0 spiro atoms. The number of phenols is 1. The quantitative estimate of drug-likeness (QED) is 0.805. The minimum Gasteiger partial charge on any atom is -0.506 e. The maximum absolute atomic E-state index is 13.3. The third kappa shape index (κ3) is 5.34. The molecule has 1 fully saturated rings. The van der Waals surface area contributed by atoms with Crippen LogP contribution in [0.15, 0.2) is 12.1 Å². The van der Waals surface area contributed by atoms with Gasteiger partial charge in [0.05, 0.1) is 16.7 Å². The van der Waals surface area contributed by atoms with E-state index < -0.39 is 17.5 Å². The van der Waals surface area contributed by atoms with Crippen molar-refractivity contribution in [2.75, 3.05) is 32.8 Å². The van der Waals surface area contributed by atoms with Crippen LogP contribution in [-0.2, 0) is 4.74 Å². The lowest BCUT2D eigenvalue weighted by Gasteiger charge is -2.21. The maximum atomic E-state index is 13.3. The number of aromatic hydroxyl groups is 1. The summed E-state index contributed by atoms with van der Waals surface area (Å²) in [5.41, 5.74) is -0.146. The second kappa shape index (κ2) is 8.47. The zero-order chi connectivity index (χ0) is 16.8. The molecule has 7 heteroatoms. The molecule has 1 aromatic carbocycles. The van der Waals surface area contributed by atoms with E-state index in [0.717, 1.165) is 51.2 Å². The van der Waals surface area contributed by atoms with Crippen LogP contribution in [0, 0.1) is 5.82 Å². The number of halogens is 2. The van der Waals surface area contributed by atoms with E-state index in [9.17, 15) is 14.3 Å². The molecule has 0 bridgehead atoms. The Bertz CT molecular complexity index is 556. The molecule has 5 nitrogen and oxygen atoms in total. The number of amides is 1. The van der Waals surface area contributed by atoms with Crippen molar-refractivity contribution in [3.63, 3.8) is 0 Å². The summed E-state index contributed by atoms with van der Waals surface area (Å²) >= 11 is 5.67. The van der Waals surface area contributed by atoms with E-state index in [1.807, 2.05) is 0 Å². The van der Waals surface area contributed by atoms with Crippen molar-refractivity contribution in [2.45, 2.75) is 25.9 Å². The number of carbonyl (C=O) groups excluding carboxylic acids is 1. The third-order valence-electron chi connectivity index (χ3n) is 3.75. The van der Waals surface area contributed by atoms with Gasteiger partial charge in [-0.2, -0.15) is 0 Å². The van der Waals surface area contributed by atoms with Gasteiger partial charge in [0.15, 0.2) is 0 Å². The second-order valence-corrected chi connectivity index (χ2v) is 6.14. The Morgan fingerprint density at radius 1 is 1.57 bits per heavy atom. The number of benzene rings is 1. The molecule has 0 radical (unpaired) electrons. The Morgan fingerprint density at radius 3 is 3.13 bits per heavy atom. The van der Waals surface area contributed by atoms with Crippen LogP contribution >= 0.6 is 11.6 Å². The average molecular weight is 345 g/mol. The van der Waals surface area contributed by atoms with Crippen LogP contribution < -0.4 is 5.32 Å². The highest BCUT2D eigenvalue weighted by Gasteiger charge is 2.17. The van der Waals surface area contributed by atoms with Gasteiger partial charge < -0.3 is 20.1 Å². The molecule has 1 aliphatic heterocycles. The summed E-state index contributed by atoms with van der Waals surface area (Å²) in [4.78, 5) is 14.3. The lowest BCUT2D eigenvalue weighted by atomic mass is 10.2. The first-order valence-corrected chi connectivity index (χ1v) is 8.15. The number of ether oxygens (including phenoxy) is 1. The topological polar surface area (TPSA) is 61.8 Å². The fraction of sp³-hybridized carbons (Fsp3) is 0.562. The number of hydrogen-bond acceptors (Lipinski definition) is 4. The van der Waals surface area contributed by atoms with Crippen LogP contribution in [0.5, 0.6) is 5.75 Å². The lowest BCUT2D eigenvalue weighted by Crippen LogP contribution is -2.33. The maximum Gasteiger partial charge on any atom is 0.255 e. The monoisotopic (exact) mass is 344 g/mol. The van der Waals surface area contributed by atoms with Crippen molar-refractivity contribution in [3.05, 3.63) is 28.5 Å². The van der Waals surface area contributed by atoms with Crippen LogP contribution in [0.3, 0.4) is 0 Å². The molecule has 0 saturated carbocycles. The first-order valence-electron chi connectivity index (χ1n) is 7.77. The van der Waals surface area contributed by atoms with Crippen molar-refractivity contribution in [1.29, 1.82) is 0 Å². The highest BCUT2D eigenvalue weighted by Crippen LogP contribution is 2.28. The standard InChI is InChI=1S/C16H22ClFN2O3/c1-11-10-20(6-3-7-23-11)5-2-4-19-16(22)13-8-12(18)9-14(17)15(13)21/h8-9,11,21H,2-7,10H2,1H3,(H,19,22). The zero-order valence-electron chi connectivity index (χ0n) is 13.1. The van der Waals surface area contributed by atoms with Gasteiger partial charge in [-0.1, -0.05) is 11.6 Å². The van der Waals surface area contributed by atoms with Gasteiger partial charge in [0.2, 0.25) is 0 Å². The highest BCUT2D eigenvalue weighted by atomic mass is 35.5. The Hall–Kier alpha value is -1.37. The average Bonchev–Trinajstić information content (AvgIpc) is 2.71. The summed E-state index contributed by atoms with van der Waals surface area (Å²) in [5, 5.41) is 12.2. The van der Waals surface area contributed by atoms with Gasteiger partial charge in [-0.15, -0.1) is 0 Å². The summed E-state index contributed by atoms with van der Waals surface area (Å²) in [6.45, 7) is 6.00. The molecule has 0 aromatic heterocycles. The van der Waals surface area contributed by atoms with Crippen LogP contribution in [-0.4, -0.2) is 54.8 Å². The van der Waals surface area contributed by atoms with Crippen LogP contribution in [0.25, 0.3) is 0 Å². The second-order valence-electron chi connectivity index (χ2n) is 5.73. The third-order valence-corrected chi connectivity index (χ3v) is 4.03. The van der Waals surface area contributed by atoms with E-state index in [0.29, 0.717) is 6.54 Å². The first-order chi connectivity index (χ1) is 11.0. The molecule has 1 unspecified atom stereocenters. The largest absolute Gasteiger partial charge is 0.506 e. The fourth-order valence-electron chi connectivity index (χ4n) is 2.62. The minimum absolute atomic E-state index is 0.146. The van der Waals surface area contributed by atoms with E-state index in [1.54, 1.807) is 0 Å². The molecular formula is C16H22ClFN2O3. The number of phenolic OH excluding ortho intramolecular Hbond substituents is 1. The summed E-state index contributed by atoms with van der Waals surface area (Å²) in [5.74, 6) is -1.59. The molecule has 128 valence electrons. The first kappa shape index (κ1) is 18.0. The molecule has 1 heterocycles. The zero-order valence-corrected chi connectivity index (χ0v) is 13.9. The Balaban J connectivity index is 1.79. The van der Waals surface area contributed by atoms with E-state index >= 15 is 0 Å². The molecule has 1 aliphatic rings. The van der Waals surface area contributed by atoms with Gasteiger partial charge in [0, 0.05) is 26.2 Å². The van der Waals surface area contributed by atoms with E-state index in [4.69, 9.17) is 16.3 Å². The molecule has 0 aliphatic carbocycles. The van der Waals surface area contributed by atoms with E-state index in [1.165, 1.54) is 0 Å². The van der Waals surface area contributed by atoms with Gasteiger partial charge in [0.25, 0.3) is 5.91 Å². The molecule has 23 heavy (non-hydrogen) atoms. The van der Waals surface area contributed by atoms with Gasteiger partial charge in [-0.05, 0) is 38.4 Å². The summed E-state index contributed by atoms with van der Waals surface area (Å²) in [6.07, 6.45) is 1.99. The molecule has 1 saturated heterocycles. The Morgan fingerprint density at radius 2 is 2.35 bits per heavy atom. The van der Waals surface area contributed by atoms with Crippen molar-refractivity contribution >= 4 is 17.5 Å². The number of rotatable bonds is 5. The lowest BCUT2D eigenvalue weighted by molar-refractivity contribution is 0.0675. The molecule has 2 N–H and O–H groups in total. The fourth-order valence-corrected chi connectivity index (χ4v) is 2.83. The smallest absolute Gasteiger partial charge is 0.255 e. The van der Waals surface area contributed by atoms with E-state index in [-0.39, 0.29) is 16.7 Å². The van der Waals surface area contributed by atoms with Crippen molar-refractivity contribution in [2.24, 2.45) is 0 Å². The SMILES string of the molecule is CC1CN(CCCNC(=O)c2cc(F)cc(Cl)c2O)CCCO1. The van der Waals surface area contributed by atoms with Gasteiger partial charge in [-0.25, -0.2) is 4.39 Å². The molecule has 1 aromatic rings. The van der Waals surface area contributed by atoms with Crippen molar-refractivity contribution in [3.8, 4) is 5.75 Å². The highest BCUT2D eigenvalue weighted by molar-refractivity contribution is 6.32. The number of nitrogens with one attached hydrogen (secondary N) is 1. The summed E-state index contributed by atoms with van der Waals surface area (Å²) in [6, 6.07) is 1.95. The van der Waals surface area contributed by atoms with Gasteiger partial charge in [-0.3, -0.25) is 4.79 Å². The molecule has 2 rings (SSSR count). The Kier molecular flexibility index (Phi) is 6.62.